The van der Waals surface area contributed by atoms with Gasteiger partial charge in [-0.3, -0.25) is 20.0 Å². The first-order valence-electron chi connectivity index (χ1n) is 11.8. The number of benzene rings is 3. The topological polar surface area (TPSA) is 137 Å². The number of hydrogen-bond acceptors (Lipinski definition) is 9. The maximum atomic E-state index is 13.6. The minimum Gasteiger partial charge on any atom is -0.497 e. The van der Waals surface area contributed by atoms with Gasteiger partial charge < -0.3 is 9.47 Å². The van der Waals surface area contributed by atoms with Crippen LogP contribution in [0.15, 0.2) is 93.2 Å². The number of aromatic amines is 1. The van der Waals surface area contributed by atoms with Crippen LogP contribution in [0, 0.1) is 10.1 Å². The van der Waals surface area contributed by atoms with Gasteiger partial charge in [0.2, 0.25) is 5.13 Å². The van der Waals surface area contributed by atoms with Crippen LogP contribution < -0.4 is 15.0 Å². The average molecular weight is 543 g/mol. The number of nitro benzene ring substituents is 1. The first kappa shape index (κ1) is 25.5. The van der Waals surface area contributed by atoms with E-state index in [-0.39, 0.29) is 11.4 Å². The molecule has 2 heterocycles. The quantitative estimate of drug-likeness (QED) is 0.125. The summed E-state index contributed by atoms with van der Waals surface area (Å²) in [6, 6.07) is 20.4. The number of H-pyrrole nitrogens is 1. The number of methoxy groups -OCH3 is 1. The third-order valence-corrected chi connectivity index (χ3v) is 6.55. The van der Waals surface area contributed by atoms with Crippen LogP contribution in [-0.4, -0.2) is 33.4 Å². The molecule has 0 fully saturated rings. The Morgan fingerprint density at radius 3 is 2.44 bits per heavy atom. The molecule has 0 aliphatic rings. The Kier molecular flexibility index (Phi) is 7.28. The van der Waals surface area contributed by atoms with E-state index < -0.39 is 10.5 Å². The molecular weight excluding hydrogens is 520 g/mol. The van der Waals surface area contributed by atoms with E-state index >= 15 is 0 Å². The molecule has 5 rings (SSSR count). The molecule has 0 aliphatic heterocycles. The summed E-state index contributed by atoms with van der Waals surface area (Å²) in [4.78, 5) is 28.9. The zero-order chi connectivity index (χ0) is 27.4. The molecular formula is C27H22N6O5S. The van der Waals surface area contributed by atoms with Crippen molar-refractivity contribution in [1.82, 2.24) is 14.8 Å². The predicted molar refractivity (Wildman–Crippen MR) is 148 cm³/mol. The highest BCUT2D eigenvalue weighted by Gasteiger charge is 2.20. The van der Waals surface area contributed by atoms with Gasteiger partial charge in [0, 0.05) is 28.6 Å². The highest BCUT2D eigenvalue weighted by Crippen LogP contribution is 2.33. The summed E-state index contributed by atoms with van der Waals surface area (Å²) in [6.07, 6.45) is 0. The van der Waals surface area contributed by atoms with Gasteiger partial charge in [-0.15, -0.1) is 21.6 Å². The molecule has 11 nitrogen and oxygen atoms in total. The molecule has 0 saturated heterocycles. The molecule has 3 aromatic carbocycles. The summed E-state index contributed by atoms with van der Waals surface area (Å²) in [7, 11) is 1.60. The molecule has 0 saturated carbocycles. The van der Waals surface area contributed by atoms with Gasteiger partial charge >= 0.3 is 5.56 Å². The summed E-state index contributed by atoms with van der Waals surface area (Å²) in [5.41, 5.74) is 2.35. The molecule has 5 aromatic rings. The fourth-order valence-corrected chi connectivity index (χ4v) is 4.58. The molecule has 0 aliphatic carbocycles. The van der Waals surface area contributed by atoms with Crippen LogP contribution in [0.3, 0.4) is 0 Å². The van der Waals surface area contributed by atoms with E-state index in [9.17, 15) is 14.9 Å². The smallest absolute Gasteiger partial charge is 0.301 e. The summed E-state index contributed by atoms with van der Waals surface area (Å²) < 4.78 is 12.1. The largest absolute Gasteiger partial charge is 0.497 e. The Morgan fingerprint density at radius 1 is 1.03 bits per heavy atom. The van der Waals surface area contributed by atoms with Crippen molar-refractivity contribution in [2.24, 2.45) is 10.2 Å². The Bertz CT molecular complexity index is 1700. The maximum Gasteiger partial charge on any atom is 0.301 e. The number of nitrogens with zero attached hydrogens (tertiary/aromatic N) is 5. The number of nitro groups is 1. The Labute approximate surface area is 226 Å². The summed E-state index contributed by atoms with van der Waals surface area (Å²) in [5, 5.41) is 25.0. The molecule has 2 aromatic heterocycles. The average Bonchev–Trinajstić information content (AvgIpc) is 3.57. The SMILES string of the molecule is CCOc1ccccc1N=Nc1c(-c2ccc([N+](=O)[O-])cc2)[nH]n(-c2nc(-c3ccc(OC)cc3)cs2)c1=O. The van der Waals surface area contributed by atoms with E-state index in [2.05, 4.69) is 20.3 Å². The summed E-state index contributed by atoms with van der Waals surface area (Å²) >= 11 is 1.28. The van der Waals surface area contributed by atoms with Crippen molar-refractivity contribution in [3.8, 4) is 39.1 Å². The number of rotatable bonds is 9. The molecule has 0 amide bonds. The third-order valence-electron chi connectivity index (χ3n) is 5.72. The first-order chi connectivity index (χ1) is 19.0. The van der Waals surface area contributed by atoms with E-state index in [1.54, 1.807) is 37.4 Å². The highest BCUT2D eigenvalue weighted by atomic mass is 32.1. The van der Waals surface area contributed by atoms with Crippen molar-refractivity contribution < 1.29 is 14.4 Å². The number of para-hydroxylation sites is 1. The molecule has 0 spiro atoms. The monoisotopic (exact) mass is 542 g/mol. The van der Waals surface area contributed by atoms with Crippen LogP contribution in [0.1, 0.15) is 6.92 Å². The summed E-state index contributed by atoms with van der Waals surface area (Å²) in [5.74, 6) is 1.25. The van der Waals surface area contributed by atoms with Crippen LogP contribution in [0.5, 0.6) is 11.5 Å². The van der Waals surface area contributed by atoms with Crippen LogP contribution >= 0.6 is 11.3 Å². The van der Waals surface area contributed by atoms with Gasteiger partial charge in [0.15, 0.2) is 5.69 Å². The van der Waals surface area contributed by atoms with Crippen molar-refractivity contribution >= 4 is 28.4 Å². The zero-order valence-corrected chi connectivity index (χ0v) is 21.7. The molecule has 0 radical (unpaired) electrons. The number of hydrogen-bond donors (Lipinski definition) is 1. The second kappa shape index (κ2) is 11.1. The molecule has 39 heavy (non-hydrogen) atoms. The standard InChI is InChI=1S/C27H22N6O5S/c1-3-38-23-7-5-4-6-21(23)29-30-25-24(18-8-12-19(13-9-18)33(35)36)31-32(26(25)34)27-28-22(16-39-27)17-10-14-20(37-2)15-11-17/h4-16,31H,3H2,1-2H3. The van der Waals surface area contributed by atoms with Gasteiger partial charge in [0.25, 0.3) is 5.69 Å². The van der Waals surface area contributed by atoms with Crippen molar-refractivity contribution in [1.29, 1.82) is 0 Å². The van der Waals surface area contributed by atoms with Crippen molar-refractivity contribution in [3.05, 3.63) is 98.6 Å². The number of azo groups is 1. The molecule has 1 N–H and O–H groups in total. The molecule has 12 heteroatoms. The number of non-ortho nitro benzene ring substituents is 1. The number of nitrogens with one attached hydrogen (secondary N) is 1. The zero-order valence-electron chi connectivity index (χ0n) is 20.9. The lowest BCUT2D eigenvalue weighted by Gasteiger charge is -2.04. The molecule has 0 bridgehead atoms. The van der Waals surface area contributed by atoms with Crippen molar-refractivity contribution in [2.45, 2.75) is 6.92 Å². The lowest BCUT2D eigenvalue weighted by atomic mass is 10.1. The van der Waals surface area contributed by atoms with Crippen molar-refractivity contribution in [3.63, 3.8) is 0 Å². The Morgan fingerprint density at radius 2 is 1.74 bits per heavy atom. The van der Waals surface area contributed by atoms with Crippen LogP contribution in [0.4, 0.5) is 17.1 Å². The van der Waals surface area contributed by atoms with Gasteiger partial charge in [-0.1, -0.05) is 12.1 Å². The molecule has 196 valence electrons. The maximum absolute atomic E-state index is 13.6. The lowest BCUT2D eigenvalue weighted by molar-refractivity contribution is -0.384. The third kappa shape index (κ3) is 5.31. The van der Waals surface area contributed by atoms with E-state index in [4.69, 9.17) is 9.47 Å². The molecule has 0 atom stereocenters. The number of aromatic nitrogens is 3. The summed E-state index contributed by atoms with van der Waals surface area (Å²) in [6.45, 7) is 2.30. The second-order valence-corrected chi connectivity index (χ2v) is 8.96. The predicted octanol–water partition coefficient (Wildman–Crippen LogP) is 6.69. The van der Waals surface area contributed by atoms with E-state index in [0.717, 1.165) is 11.3 Å². The van der Waals surface area contributed by atoms with Gasteiger partial charge in [-0.2, -0.15) is 4.68 Å². The highest BCUT2D eigenvalue weighted by molar-refractivity contribution is 7.12. The van der Waals surface area contributed by atoms with Gasteiger partial charge in [-0.05, 0) is 55.5 Å². The van der Waals surface area contributed by atoms with E-state index in [1.165, 1.54) is 28.2 Å². The van der Waals surface area contributed by atoms with Crippen LogP contribution in [-0.2, 0) is 0 Å². The number of ether oxygens (including phenoxy) is 2. The fourth-order valence-electron chi connectivity index (χ4n) is 3.79. The second-order valence-electron chi connectivity index (χ2n) is 8.12. The van der Waals surface area contributed by atoms with Crippen molar-refractivity contribution in [2.75, 3.05) is 13.7 Å². The number of thiazole rings is 1. The fraction of sp³-hybridized carbons (Fsp3) is 0.111. The minimum absolute atomic E-state index is 0.0244. The Hall–Kier alpha value is -5.10. The Balaban J connectivity index is 1.59. The van der Waals surface area contributed by atoms with Crippen LogP contribution in [0.25, 0.3) is 27.6 Å². The first-order valence-corrected chi connectivity index (χ1v) is 12.7. The van der Waals surface area contributed by atoms with Gasteiger partial charge in [0.1, 0.15) is 17.2 Å². The lowest BCUT2D eigenvalue weighted by Crippen LogP contribution is -2.13. The van der Waals surface area contributed by atoms with Gasteiger partial charge in [-0.25, -0.2) is 4.98 Å². The van der Waals surface area contributed by atoms with Gasteiger partial charge in [0.05, 0.1) is 30.0 Å². The molecule has 0 unspecified atom stereocenters. The van der Waals surface area contributed by atoms with E-state index in [0.29, 0.717) is 40.1 Å². The normalized spacial score (nSPS) is 11.1. The minimum atomic E-state index is -0.487. The van der Waals surface area contributed by atoms with E-state index in [1.807, 2.05) is 42.6 Å². The van der Waals surface area contributed by atoms with Crippen LogP contribution in [0.2, 0.25) is 0 Å².